The highest BCUT2D eigenvalue weighted by Gasteiger charge is 2.08. The van der Waals surface area contributed by atoms with E-state index in [1.54, 1.807) is 12.3 Å². The number of benzene rings is 1. The smallest absolute Gasteiger partial charge is 0.271 e. The molecular weight excluding hydrogens is 297 g/mol. The Balaban J connectivity index is 1.93. The zero-order valence-corrected chi connectivity index (χ0v) is 12.2. The fourth-order valence-electron chi connectivity index (χ4n) is 1.59. The molecule has 1 heterocycles. The molecule has 2 rings (SSSR count). The zero-order valence-electron chi connectivity index (χ0n) is 11.5. The highest BCUT2D eigenvalue weighted by atomic mass is 35.5. The van der Waals surface area contributed by atoms with Gasteiger partial charge in [-0.05, 0) is 24.6 Å². The van der Waals surface area contributed by atoms with E-state index in [2.05, 4.69) is 10.4 Å². The van der Waals surface area contributed by atoms with Crippen LogP contribution in [0, 0.1) is 5.82 Å². The van der Waals surface area contributed by atoms with Crippen LogP contribution in [0.25, 0.3) is 0 Å². The molecule has 1 aromatic heterocycles. The van der Waals surface area contributed by atoms with E-state index >= 15 is 0 Å². The van der Waals surface area contributed by atoms with Crippen LogP contribution in [0.4, 0.5) is 4.39 Å². The molecule has 1 aromatic carbocycles. The summed E-state index contributed by atoms with van der Waals surface area (Å²) in [4.78, 5) is 11.7. The standard InChI is InChI=1S/C14H15ClFN3O2/c1-2-6-17-14(20)13-5-7-19(18-13)9-21-10-3-4-12(16)11(15)8-10/h3-5,7-8H,2,6,9H2,1H3,(H,17,20). The third-order valence-electron chi connectivity index (χ3n) is 2.66. The maximum atomic E-state index is 13.0. The molecule has 5 nitrogen and oxygen atoms in total. The normalized spacial score (nSPS) is 10.4. The number of carbonyl (C=O) groups excluding carboxylic acids is 1. The Hall–Kier alpha value is -2.08. The second kappa shape index (κ2) is 7.08. The van der Waals surface area contributed by atoms with Crippen molar-refractivity contribution in [1.29, 1.82) is 0 Å². The average molecular weight is 312 g/mol. The van der Waals surface area contributed by atoms with Gasteiger partial charge in [0.1, 0.15) is 17.3 Å². The summed E-state index contributed by atoms with van der Waals surface area (Å²) in [6, 6.07) is 5.69. The van der Waals surface area contributed by atoms with Crippen molar-refractivity contribution in [2.45, 2.75) is 20.1 Å². The molecule has 0 fully saturated rings. The lowest BCUT2D eigenvalue weighted by Gasteiger charge is -2.06. The van der Waals surface area contributed by atoms with E-state index in [1.165, 1.54) is 22.9 Å². The molecule has 21 heavy (non-hydrogen) atoms. The number of ether oxygens (including phenoxy) is 1. The molecule has 0 saturated carbocycles. The van der Waals surface area contributed by atoms with Crippen LogP contribution < -0.4 is 10.1 Å². The van der Waals surface area contributed by atoms with Crippen molar-refractivity contribution >= 4 is 17.5 Å². The van der Waals surface area contributed by atoms with Crippen molar-refractivity contribution in [2.75, 3.05) is 6.54 Å². The molecule has 0 aliphatic heterocycles. The molecule has 1 amide bonds. The van der Waals surface area contributed by atoms with Gasteiger partial charge in [-0.2, -0.15) is 5.10 Å². The summed E-state index contributed by atoms with van der Waals surface area (Å²) in [6.45, 7) is 2.68. The third-order valence-corrected chi connectivity index (χ3v) is 2.95. The van der Waals surface area contributed by atoms with Crippen LogP contribution in [-0.4, -0.2) is 22.2 Å². The maximum Gasteiger partial charge on any atom is 0.271 e. The van der Waals surface area contributed by atoms with Crippen molar-refractivity contribution in [2.24, 2.45) is 0 Å². The van der Waals surface area contributed by atoms with E-state index in [4.69, 9.17) is 16.3 Å². The number of nitrogens with zero attached hydrogens (tertiary/aromatic N) is 2. The number of hydrogen-bond acceptors (Lipinski definition) is 3. The summed E-state index contributed by atoms with van der Waals surface area (Å²) < 4.78 is 19.9. The first-order valence-corrected chi connectivity index (χ1v) is 6.87. The molecule has 0 aliphatic rings. The Morgan fingerprint density at radius 2 is 2.29 bits per heavy atom. The lowest BCUT2D eigenvalue weighted by atomic mass is 10.3. The summed E-state index contributed by atoms with van der Waals surface area (Å²) in [6.07, 6.45) is 2.49. The predicted molar refractivity (Wildman–Crippen MR) is 76.9 cm³/mol. The van der Waals surface area contributed by atoms with Gasteiger partial charge < -0.3 is 10.1 Å². The van der Waals surface area contributed by atoms with Crippen LogP contribution in [-0.2, 0) is 6.73 Å². The van der Waals surface area contributed by atoms with Gasteiger partial charge in [0, 0.05) is 18.8 Å². The molecule has 0 atom stereocenters. The number of aromatic nitrogens is 2. The highest BCUT2D eigenvalue weighted by Crippen LogP contribution is 2.21. The fraction of sp³-hybridized carbons (Fsp3) is 0.286. The van der Waals surface area contributed by atoms with E-state index in [0.717, 1.165) is 6.42 Å². The van der Waals surface area contributed by atoms with Crippen molar-refractivity contribution in [3.63, 3.8) is 0 Å². The highest BCUT2D eigenvalue weighted by molar-refractivity contribution is 6.30. The number of amides is 1. The van der Waals surface area contributed by atoms with Crippen LogP contribution in [0.5, 0.6) is 5.75 Å². The van der Waals surface area contributed by atoms with Crippen LogP contribution in [0.1, 0.15) is 23.8 Å². The Labute approximate surface area is 126 Å². The fourth-order valence-corrected chi connectivity index (χ4v) is 1.76. The molecule has 7 heteroatoms. The number of hydrogen-bond donors (Lipinski definition) is 1. The largest absolute Gasteiger partial charge is 0.471 e. The number of carbonyl (C=O) groups is 1. The lowest BCUT2D eigenvalue weighted by Crippen LogP contribution is -2.24. The van der Waals surface area contributed by atoms with Gasteiger partial charge in [-0.25, -0.2) is 9.07 Å². The van der Waals surface area contributed by atoms with Gasteiger partial charge in [0.05, 0.1) is 5.02 Å². The van der Waals surface area contributed by atoms with Gasteiger partial charge in [0.2, 0.25) is 0 Å². The first kappa shape index (κ1) is 15.3. The topological polar surface area (TPSA) is 56.2 Å². The van der Waals surface area contributed by atoms with Gasteiger partial charge in [-0.3, -0.25) is 4.79 Å². The Bertz CT molecular complexity index is 630. The van der Waals surface area contributed by atoms with Crippen molar-refractivity contribution in [1.82, 2.24) is 15.1 Å². The molecule has 1 N–H and O–H groups in total. The summed E-state index contributed by atoms with van der Waals surface area (Å²) in [5.74, 6) is -0.299. The van der Waals surface area contributed by atoms with Crippen LogP contribution in [0.2, 0.25) is 5.02 Å². The molecule has 2 aromatic rings. The quantitative estimate of drug-likeness (QED) is 0.892. The van der Waals surface area contributed by atoms with Crippen molar-refractivity contribution in [3.8, 4) is 5.75 Å². The summed E-state index contributed by atoms with van der Waals surface area (Å²) in [5.41, 5.74) is 0.323. The molecule has 0 unspecified atom stereocenters. The van der Waals surface area contributed by atoms with Crippen LogP contribution >= 0.6 is 11.6 Å². The first-order chi connectivity index (χ1) is 10.1. The van der Waals surface area contributed by atoms with E-state index in [-0.39, 0.29) is 17.7 Å². The van der Waals surface area contributed by atoms with Gasteiger partial charge in [-0.15, -0.1) is 0 Å². The number of halogens is 2. The minimum atomic E-state index is -0.502. The van der Waals surface area contributed by atoms with E-state index in [1.807, 2.05) is 6.92 Å². The molecular formula is C14H15ClFN3O2. The molecule has 0 aliphatic carbocycles. The van der Waals surface area contributed by atoms with Crippen LogP contribution in [0.3, 0.4) is 0 Å². The average Bonchev–Trinajstić information content (AvgIpc) is 2.95. The van der Waals surface area contributed by atoms with E-state index in [0.29, 0.717) is 18.0 Å². The molecule has 0 saturated heterocycles. The minimum Gasteiger partial charge on any atom is -0.471 e. The number of nitrogens with one attached hydrogen (secondary N) is 1. The first-order valence-electron chi connectivity index (χ1n) is 6.49. The van der Waals surface area contributed by atoms with E-state index in [9.17, 15) is 9.18 Å². The van der Waals surface area contributed by atoms with Gasteiger partial charge in [-0.1, -0.05) is 18.5 Å². The monoisotopic (exact) mass is 311 g/mol. The SMILES string of the molecule is CCCNC(=O)c1ccn(COc2ccc(F)c(Cl)c2)n1. The lowest BCUT2D eigenvalue weighted by molar-refractivity contribution is 0.0946. The molecule has 0 bridgehead atoms. The maximum absolute atomic E-state index is 13.0. The zero-order chi connectivity index (χ0) is 15.2. The van der Waals surface area contributed by atoms with Gasteiger partial charge >= 0.3 is 0 Å². The minimum absolute atomic E-state index is 0.00685. The molecule has 112 valence electrons. The second-order valence-corrected chi connectivity index (χ2v) is 4.75. The third kappa shape index (κ3) is 4.19. The second-order valence-electron chi connectivity index (χ2n) is 4.35. The van der Waals surface area contributed by atoms with Crippen molar-refractivity contribution in [3.05, 3.63) is 47.0 Å². The predicted octanol–water partition coefficient (Wildman–Crippen LogP) is 2.85. The van der Waals surface area contributed by atoms with Crippen LogP contribution in [0.15, 0.2) is 30.5 Å². The van der Waals surface area contributed by atoms with Gasteiger partial charge in [0.25, 0.3) is 5.91 Å². The van der Waals surface area contributed by atoms with Crippen molar-refractivity contribution < 1.29 is 13.9 Å². The molecule has 0 radical (unpaired) electrons. The van der Waals surface area contributed by atoms with E-state index < -0.39 is 5.82 Å². The summed E-state index contributed by atoms with van der Waals surface area (Å²) >= 11 is 5.66. The Kier molecular flexibility index (Phi) is 5.16. The summed E-state index contributed by atoms with van der Waals surface area (Å²) in [7, 11) is 0. The molecule has 0 spiro atoms. The number of rotatable bonds is 6. The van der Waals surface area contributed by atoms with Gasteiger partial charge in [0.15, 0.2) is 6.73 Å². The Morgan fingerprint density at radius 1 is 1.48 bits per heavy atom. The summed E-state index contributed by atoms with van der Waals surface area (Å²) in [5, 5.41) is 6.82. The Morgan fingerprint density at radius 3 is 3.00 bits per heavy atom.